The second-order valence-corrected chi connectivity index (χ2v) is 7.69. The predicted octanol–water partition coefficient (Wildman–Crippen LogP) is 2.48. The van der Waals surface area contributed by atoms with Gasteiger partial charge in [-0.25, -0.2) is 17.4 Å². The van der Waals surface area contributed by atoms with E-state index in [4.69, 9.17) is 11.5 Å². The number of nitrogens with two attached hydrogens (primary N) is 2. The predicted molar refractivity (Wildman–Crippen MR) is 102 cm³/mol. The van der Waals surface area contributed by atoms with E-state index in [1.54, 1.807) is 54.9 Å². The van der Waals surface area contributed by atoms with Gasteiger partial charge in [0.05, 0.1) is 10.6 Å². The molecule has 3 rings (SSSR count). The molecule has 0 radical (unpaired) electrons. The van der Waals surface area contributed by atoms with Gasteiger partial charge in [-0.15, -0.1) is 23.7 Å². The van der Waals surface area contributed by atoms with Gasteiger partial charge in [-0.2, -0.15) is 4.99 Å². The average molecular weight is 398 g/mol. The van der Waals surface area contributed by atoms with E-state index < -0.39 is 10.0 Å². The first kappa shape index (κ1) is 19.0. The molecule has 0 bridgehead atoms. The molecule has 0 unspecified atom stereocenters. The number of nitrogens with zero attached hydrogens (tertiary/aromatic N) is 3. The summed E-state index contributed by atoms with van der Waals surface area (Å²) in [7, 11) is -3.64. The van der Waals surface area contributed by atoms with Crippen LogP contribution in [0, 0.1) is 6.92 Å². The van der Waals surface area contributed by atoms with Crippen molar-refractivity contribution in [2.24, 2.45) is 16.5 Å². The van der Waals surface area contributed by atoms with Crippen LogP contribution >= 0.6 is 23.7 Å². The minimum absolute atomic E-state index is 0. The molecule has 0 aliphatic heterocycles. The number of thiazole rings is 1. The van der Waals surface area contributed by atoms with Crippen LogP contribution in [0.3, 0.4) is 0 Å². The molecule has 0 amide bonds. The highest BCUT2D eigenvalue weighted by atomic mass is 35.5. The highest BCUT2D eigenvalue weighted by molar-refractivity contribution is 7.90. The van der Waals surface area contributed by atoms with Crippen LogP contribution in [-0.4, -0.2) is 23.3 Å². The Hall–Kier alpha value is -2.36. The fraction of sp³-hybridized carbons (Fsp3) is 0.0667. The molecule has 2 heterocycles. The number of guanidine groups is 1. The van der Waals surface area contributed by atoms with Gasteiger partial charge in [-0.3, -0.25) is 0 Å². The summed E-state index contributed by atoms with van der Waals surface area (Å²) in [5, 5.41) is 2.19. The summed E-state index contributed by atoms with van der Waals surface area (Å²) < 4.78 is 26.7. The highest BCUT2D eigenvalue weighted by Gasteiger charge is 2.20. The Labute approximate surface area is 155 Å². The van der Waals surface area contributed by atoms with Crippen LogP contribution < -0.4 is 11.5 Å². The first-order chi connectivity index (χ1) is 11.4. The molecule has 7 nitrogen and oxygen atoms in total. The molecule has 0 saturated carbocycles. The topological polar surface area (TPSA) is 116 Å². The second-order valence-electron chi connectivity index (χ2n) is 5.04. The molecule has 10 heteroatoms. The van der Waals surface area contributed by atoms with E-state index in [9.17, 15) is 8.42 Å². The van der Waals surface area contributed by atoms with Gasteiger partial charge in [0.25, 0.3) is 10.0 Å². The van der Waals surface area contributed by atoms with Crippen LogP contribution in [-0.2, 0) is 10.0 Å². The lowest BCUT2D eigenvalue weighted by atomic mass is 10.2. The molecule has 0 aliphatic rings. The number of aryl methyl sites for hydroxylation is 1. The summed E-state index contributed by atoms with van der Waals surface area (Å²) in [5.74, 6) is -0.0729. The molecule has 0 saturated heterocycles. The molecule has 25 heavy (non-hydrogen) atoms. The average Bonchev–Trinajstić information content (AvgIpc) is 3.14. The fourth-order valence-electron chi connectivity index (χ4n) is 2.22. The quantitative estimate of drug-likeness (QED) is 0.518. The fourth-order valence-corrected chi connectivity index (χ4v) is 4.35. The third kappa shape index (κ3) is 3.84. The van der Waals surface area contributed by atoms with Crippen molar-refractivity contribution in [2.75, 3.05) is 0 Å². The number of hydrogen-bond acceptors (Lipinski definition) is 5. The van der Waals surface area contributed by atoms with E-state index in [0.29, 0.717) is 22.1 Å². The van der Waals surface area contributed by atoms with Gasteiger partial charge in [-0.1, -0.05) is 18.2 Å². The van der Waals surface area contributed by atoms with E-state index >= 15 is 0 Å². The lowest BCUT2D eigenvalue weighted by Crippen LogP contribution is -2.21. The van der Waals surface area contributed by atoms with Crippen molar-refractivity contribution in [3.8, 4) is 11.3 Å². The zero-order valence-electron chi connectivity index (χ0n) is 13.2. The van der Waals surface area contributed by atoms with Crippen LogP contribution in [0.4, 0.5) is 5.13 Å². The zero-order chi connectivity index (χ0) is 17.3. The van der Waals surface area contributed by atoms with Crippen LogP contribution in [0.5, 0.6) is 0 Å². The van der Waals surface area contributed by atoms with Gasteiger partial charge in [-0.05, 0) is 25.1 Å². The van der Waals surface area contributed by atoms with Gasteiger partial charge >= 0.3 is 0 Å². The van der Waals surface area contributed by atoms with E-state index in [1.165, 1.54) is 15.3 Å². The minimum Gasteiger partial charge on any atom is -0.370 e. The number of aromatic nitrogens is 2. The van der Waals surface area contributed by atoms with Crippen molar-refractivity contribution in [2.45, 2.75) is 11.8 Å². The Morgan fingerprint density at radius 3 is 2.56 bits per heavy atom. The van der Waals surface area contributed by atoms with Gasteiger partial charge in [0.1, 0.15) is 0 Å². The lowest BCUT2D eigenvalue weighted by Gasteiger charge is -2.07. The first-order valence-electron chi connectivity index (χ1n) is 6.93. The van der Waals surface area contributed by atoms with Gasteiger partial charge in [0.2, 0.25) is 5.13 Å². The maximum Gasteiger partial charge on any atom is 0.267 e. The number of halogens is 1. The smallest absolute Gasteiger partial charge is 0.267 e. The summed E-state index contributed by atoms with van der Waals surface area (Å²) in [6.45, 7) is 1.73. The Morgan fingerprint density at radius 1 is 1.24 bits per heavy atom. The standard InChI is InChI=1S/C15H15N5O2S2.ClH/c1-10-7-11(13-9-23-15(18-13)19-14(16)17)8-20(10)24(21,22)12-5-3-2-4-6-12;/h2-9H,1H3,(H4,16,17,18,19);1H. The SMILES string of the molecule is Cc1cc(-c2csc(N=C(N)N)n2)cn1S(=O)(=O)c1ccccc1.Cl. The Kier molecular flexibility index (Phi) is 5.51. The Bertz CT molecular complexity index is 1010. The summed E-state index contributed by atoms with van der Waals surface area (Å²) in [4.78, 5) is 8.41. The van der Waals surface area contributed by atoms with Gasteiger partial charge in [0.15, 0.2) is 5.96 Å². The van der Waals surface area contributed by atoms with Crippen LogP contribution in [0.1, 0.15) is 5.69 Å². The largest absolute Gasteiger partial charge is 0.370 e. The van der Waals surface area contributed by atoms with Crippen molar-refractivity contribution in [3.05, 3.63) is 53.7 Å². The van der Waals surface area contributed by atoms with Crippen LogP contribution in [0.15, 0.2) is 57.9 Å². The maximum absolute atomic E-state index is 12.7. The zero-order valence-corrected chi connectivity index (χ0v) is 15.6. The molecule has 3 aromatic rings. The number of benzene rings is 1. The molecule has 1 aromatic carbocycles. The summed E-state index contributed by atoms with van der Waals surface area (Å²) in [5.41, 5.74) is 12.6. The maximum atomic E-state index is 12.7. The first-order valence-corrected chi connectivity index (χ1v) is 9.25. The molecule has 0 spiro atoms. The molecule has 0 atom stereocenters. The van der Waals surface area contributed by atoms with Crippen molar-refractivity contribution < 1.29 is 8.42 Å². The highest BCUT2D eigenvalue weighted by Crippen LogP contribution is 2.29. The van der Waals surface area contributed by atoms with Crippen molar-refractivity contribution in [3.63, 3.8) is 0 Å². The van der Waals surface area contributed by atoms with E-state index in [2.05, 4.69) is 9.98 Å². The van der Waals surface area contributed by atoms with Gasteiger partial charge < -0.3 is 11.5 Å². The summed E-state index contributed by atoms with van der Waals surface area (Å²) in [6, 6.07) is 10.0. The van der Waals surface area contributed by atoms with Crippen molar-refractivity contribution in [1.29, 1.82) is 0 Å². The van der Waals surface area contributed by atoms with E-state index in [1.807, 2.05) is 0 Å². The van der Waals surface area contributed by atoms with Crippen molar-refractivity contribution in [1.82, 2.24) is 8.96 Å². The molecule has 132 valence electrons. The lowest BCUT2D eigenvalue weighted by molar-refractivity contribution is 0.586. The molecule has 4 N–H and O–H groups in total. The van der Waals surface area contributed by atoms with E-state index in [0.717, 1.165) is 0 Å². The molecule has 2 aromatic heterocycles. The molecular weight excluding hydrogens is 382 g/mol. The Balaban J connectivity index is 0.00000225. The van der Waals surface area contributed by atoms with E-state index in [-0.39, 0.29) is 23.3 Å². The molecule has 0 aliphatic carbocycles. The monoisotopic (exact) mass is 397 g/mol. The van der Waals surface area contributed by atoms with Gasteiger partial charge in [0, 0.05) is 22.8 Å². The minimum atomic E-state index is -3.64. The normalized spacial score (nSPS) is 10.9. The second kappa shape index (κ2) is 7.26. The molecule has 0 fully saturated rings. The van der Waals surface area contributed by atoms with Crippen LogP contribution in [0.2, 0.25) is 0 Å². The van der Waals surface area contributed by atoms with Crippen LogP contribution in [0.25, 0.3) is 11.3 Å². The summed E-state index contributed by atoms with van der Waals surface area (Å²) >= 11 is 1.27. The van der Waals surface area contributed by atoms with Crippen molar-refractivity contribution >= 4 is 44.9 Å². The number of hydrogen-bond donors (Lipinski definition) is 2. The Morgan fingerprint density at radius 2 is 1.92 bits per heavy atom. The molecular formula is C15H16ClN5O2S2. The third-order valence-electron chi connectivity index (χ3n) is 3.28. The number of aliphatic imine (C=N–C) groups is 1. The summed E-state index contributed by atoms with van der Waals surface area (Å²) in [6.07, 6.45) is 1.55. The number of rotatable bonds is 4. The third-order valence-corrected chi connectivity index (χ3v) is 5.79.